The summed E-state index contributed by atoms with van der Waals surface area (Å²) in [6.07, 6.45) is 12.3. The van der Waals surface area contributed by atoms with Crippen molar-refractivity contribution >= 4 is 42.7 Å². The quantitative estimate of drug-likeness (QED) is 0.0744. The maximum absolute atomic E-state index is 12.1. The minimum absolute atomic E-state index is 0.149. The Hall–Kier alpha value is -4.11. The van der Waals surface area contributed by atoms with Gasteiger partial charge in [-0.1, -0.05) is 78.0 Å². The minimum Gasteiger partial charge on any atom is -0.355 e. The molecule has 10 nitrogen and oxygen atoms in total. The van der Waals surface area contributed by atoms with Gasteiger partial charge in [-0.25, -0.2) is 4.21 Å². The van der Waals surface area contributed by atoms with Crippen LogP contribution in [0.1, 0.15) is 83.4 Å². The van der Waals surface area contributed by atoms with Gasteiger partial charge in [-0.3, -0.25) is 9.11 Å². The normalized spacial score (nSPS) is 18.3. The van der Waals surface area contributed by atoms with Gasteiger partial charge in [0, 0.05) is 40.1 Å². The Labute approximate surface area is 328 Å². The summed E-state index contributed by atoms with van der Waals surface area (Å²) >= 11 is -2.18. The Kier molecular flexibility index (Phi) is 12.4. The first kappa shape index (κ1) is 42.0. The van der Waals surface area contributed by atoms with Crippen LogP contribution in [-0.2, 0) is 42.1 Å². The van der Waals surface area contributed by atoms with Crippen molar-refractivity contribution in [3.05, 3.63) is 136 Å². The number of rotatable bonds is 13. The monoisotopic (exact) mass is 806 g/mol. The zero-order valence-corrected chi connectivity index (χ0v) is 34.5. The molecule has 0 amide bonds. The molecule has 1 atom stereocenters. The Morgan fingerprint density at radius 3 is 2.31 bits per heavy atom. The van der Waals surface area contributed by atoms with Crippen LogP contribution >= 0.6 is 0 Å². The van der Waals surface area contributed by atoms with Crippen LogP contribution in [0.4, 0.5) is 11.4 Å². The number of benzene rings is 3. The summed E-state index contributed by atoms with van der Waals surface area (Å²) < 4.78 is 89.5. The third-order valence-corrected chi connectivity index (χ3v) is 13.0. The van der Waals surface area contributed by atoms with Gasteiger partial charge in [0.25, 0.3) is 20.2 Å². The Balaban J connectivity index is 1.61. The zero-order chi connectivity index (χ0) is 40.5. The number of nitrogens with one attached hydrogen (secondary N) is 1. The first-order valence-electron chi connectivity index (χ1n) is 18.1. The van der Waals surface area contributed by atoms with Crippen LogP contribution in [0, 0.1) is 6.92 Å². The van der Waals surface area contributed by atoms with Gasteiger partial charge >= 0.3 is 0 Å². The molecule has 3 aromatic rings. The van der Waals surface area contributed by atoms with E-state index in [-0.39, 0.29) is 14.7 Å². The van der Waals surface area contributed by atoms with Crippen molar-refractivity contribution in [2.45, 2.75) is 99.2 Å². The predicted molar refractivity (Wildman–Crippen MR) is 220 cm³/mol. The Bertz CT molecular complexity index is 2390. The predicted octanol–water partition coefficient (Wildman–Crippen LogP) is 9.42. The maximum atomic E-state index is 12.1. The summed E-state index contributed by atoms with van der Waals surface area (Å²) in [5.74, 6) is 0. The average molecular weight is 807 g/mol. The number of aryl methyl sites for hydroxylation is 1. The minimum atomic E-state index is -4.41. The summed E-state index contributed by atoms with van der Waals surface area (Å²) in [4.78, 5) is 2.14. The van der Waals surface area contributed by atoms with Gasteiger partial charge in [-0.2, -0.15) is 16.8 Å². The molecule has 3 aromatic carbocycles. The van der Waals surface area contributed by atoms with E-state index < -0.39 is 42.1 Å². The van der Waals surface area contributed by atoms with E-state index in [1.807, 2.05) is 52.8 Å². The molecule has 0 fully saturated rings. The third kappa shape index (κ3) is 9.14. The first-order chi connectivity index (χ1) is 25.7. The Morgan fingerprint density at radius 1 is 0.982 bits per heavy atom. The van der Waals surface area contributed by atoms with Crippen LogP contribution in [0.2, 0.25) is 0 Å². The van der Waals surface area contributed by atoms with Crippen molar-refractivity contribution in [2.24, 2.45) is 0 Å². The highest BCUT2D eigenvalue weighted by molar-refractivity contribution is 7.86. The van der Waals surface area contributed by atoms with E-state index in [0.29, 0.717) is 16.8 Å². The molecule has 0 radical (unpaired) electrons. The largest absolute Gasteiger partial charge is 0.355 e. The molecule has 2 aliphatic rings. The molecule has 0 aromatic heterocycles. The lowest BCUT2D eigenvalue weighted by Gasteiger charge is -2.29. The van der Waals surface area contributed by atoms with Crippen LogP contribution < -0.4 is 10.2 Å². The first-order valence-corrected chi connectivity index (χ1v) is 22.1. The molecule has 4 N–H and O–H groups in total. The van der Waals surface area contributed by atoms with Gasteiger partial charge in [0.1, 0.15) is 0 Å². The second-order valence-corrected chi connectivity index (χ2v) is 18.9. The van der Waals surface area contributed by atoms with E-state index in [2.05, 4.69) is 35.9 Å². The molecule has 5 rings (SSSR count). The van der Waals surface area contributed by atoms with Crippen molar-refractivity contribution in [2.75, 3.05) is 16.8 Å². The number of hydrogen-bond donors (Lipinski definition) is 4. The van der Waals surface area contributed by atoms with Crippen LogP contribution in [0.15, 0.2) is 134 Å². The number of unbranched alkanes of at least 4 members (excludes halogenated alkanes) is 1. The average Bonchev–Trinajstić information content (AvgIpc) is 3.32. The number of allylic oxidation sites excluding steroid dienone is 8. The molecule has 13 heteroatoms. The van der Waals surface area contributed by atoms with E-state index in [4.69, 9.17) is 0 Å². The SMILES string of the molecule is C=C(/C=C/C1=C(Nc2cccc(S(=O)O)c2)C(=C/C=C2/N(CCCC)c3ccc(S(=O)(=O)O)cc3C2(C)C)/CCC1)C(C)(C)c1cc(S(=O)(=O)O)ccc1C. The number of anilines is 2. The summed E-state index contributed by atoms with van der Waals surface area (Å²) in [5, 5.41) is 3.54. The van der Waals surface area contributed by atoms with Crippen LogP contribution in [-0.4, -0.2) is 41.2 Å². The van der Waals surface area contributed by atoms with Crippen molar-refractivity contribution < 1.29 is 34.7 Å². The highest BCUT2D eigenvalue weighted by atomic mass is 32.2. The molecule has 1 heterocycles. The molecule has 1 unspecified atom stereocenters. The second-order valence-electron chi connectivity index (χ2n) is 15.1. The van der Waals surface area contributed by atoms with Gasteiger partial charge in [0.15, 0.2) is 11.1 Å². The summed E-state index contributed by atoms with van der Waals surface area (Å²) in [6, 6.07) is 16.1. The fraction of sp³-hybridized carbons (Fsp3) is 0.333. The van der Waals surface area contributed by atoms with Gasteiger partial charge < -0.3 is 14.8 Å². The molecule has 294 valence electrons. The molecule has 55 heavy (non-hydrogen) atoms. The van der Waals surface area contributed by atoms with Gasteiger partial charge in [0.2, 0.25) is 0 Å². The topological polar surface area (TPSA) is 161 Å². The second kappa shape index (κ2) is 16.2. The van der Waals surface area contributed by atoms with Crippen molar-refractivity contribution in [1.82, 2.24) is 0 Å². The van der Waals surface area contributed by atoms with Crippen molar-refractivity contribution in [3.63, 3.8) is 0 Å². The van der Waals surface area contributed by atoms with Gasteiger partial charge in [0.05, 0.1) is 14.7 Å². The van der Waals surface area contributed by atoms with Crippen LogP contribution in [0.5, 0.6) is 0 Å². The smallest absolute Gasteiger partial charge is 0.294 e. The fourth-order valence-electron chi connectivity index (χ4n) is 7.32. The molecule has 0 spiro atoms. The third-order valence-electron chi connectivity index (χ3n) is 10.6. The highest BCUT2D eigenvalue weighted by Crippen LogP contribution is 2.49. The van der Waals surface area contributed by atoms with Crippen molar-refractivity contribution in [3.8, 4) is 0 Å². The molecular weight excluding hydrogens is 757 g/mol. The molecule has 1 aliphatic carbocycles. The number of fused-ring (bicyclic) bond motifs is 1. The van der Waals surface area contributed by atoms with Crippen LogP contribution in [0.3, 0.4) is 0 Å². The molecule has 0 bridgehead atoms. The molecule has 0 saturated carbocycles. The number of hydrogen-bond acceptors (Lipinski definition) is 7. The lowest BCUT2D eigenvalue weighted by atomic mass is 9.76. The maximum Gasteiger partial charge on any atom is 0.294 e. The van der Waals surface area contributed by atoms with E-state index in [0.717, 1.165) is 78.0 Å². The lowest BCUT2D eigenvalue weighted by molar-refractivity contribution is 0.480. The summed E-state index contributed by atoms with van der Waals surface area (Å²) in [5.41, 5.74) is 7.09. The van der Waals surface area contributed by atoms with Crippen molar-refractivity contribution in [1.29, 1.82) is 0 Å². The molecule has 1 aliphatic heterocycles. The van der Waals surface area contributed by atoms with Gasteiger partial charge in [-0.15, -0.1) is 0 Å². The Morgan fingerprint density at radius 2 is 1.65 bits per heavy atom. The lowest BCUT2D eigenvalue weighted by Crippen LogP contribution is -2.27. The van der Waals surface area contributed by atoms with E-state index in [1.54, 1.807) is 36.4 Å². The molecular formula is C42H50N2O8S3. The zero-order valence-electron chi connectivity index (χ0n) is 32.1. The van der Waals surface area contributed by atoms with E-state index >= 15 is 0 Å². The summed E-state index contributed by atoms with van der Waals surface area (Å²) in [7, 11) is -8.81. The summed E-state index contributed by atoms with van der Waals surface area (Å²) in [6.45, 7) is 17.1. The van der Waals surface area contributed by atoms with Crippen LogP contribution in [0.25, 0.3) is 0 Å². The fourth-order valence-corrected chi connectivity index (χ4v) is 8.75. The number of nitrogens with zero attached hydrogens (tertiary/aromatic N) is 1. The standard InChI is InChI=1S/C42H50N2O8S3/c1-8-9-24-44-38-22-21-35(55(50,51)52)27-37(38)42(6,7)39(44)23-19-31-13-10-12-30(40(31)43-32-14-11-15-33(25-32)53(45)46)18-17-29(3)41(4,5)36-26-34(54(47,48)49)20-16-28(36)2/h11,14-23,25-27,43H,3,8-10,12-13,24H2,1-2,4-7H3,(H,45,46)(H,47,48,49)(H,50,51,52)/b18-17+,31-19+,39-23+. The van der Waals surface area contributed by atoms with Gasteiger partial charge in [-0.05, 0) is 121 Å². The highest BCUT2D eigenvalue weighted by Gasteiger charge is 2.40. The van der Waals surface area contributed by atoms with E-state index in [9.17, 15) is 34.7 Å². The molecule has 0 saturated heterocycles. The van der Waals surface area contributed by atoms with E-state index in [1.165, 1.54) is 18.2 Å².